The van der Waals surface area contributed by atoms with Crippen LogP contribution in [-0.2, 0) is 4.79 Å². The van der Waals surface area contributed by atoms with E-state index in [0.717, 1.165) is 20.9 Å². The molecule has 2 heterocycles. The van der Waals surface area contributed by atoms with Gasteiger partial charge in [-0.3, -0.25) is 14.9 Å². The lowest BCUT2D eigenvalue weighted by Crippen LogP contribution is -2.41. The second kappa shape index (κ2) is 8.28. The van der Waals surface area contributed by atoms with Crippen LogP contribution in [0.25, 0.3) is 10.9 Å². The van der Waals surface area contributed by atoms with Gasteiger partial charge in [0.25, 0.3) is 5.91 Å². The van der Waals surface area contributed by atoms with Crippen molar-refractivity contribution in [3.63, 3.8) is 0 Å². The van der Waals surface area contributed by atoms with Gasteiger partial charge >= 0.3 is 0 Å². The van der Waals surface area contributed by atoms with Gasteiger partial charge in [-0.1, -0.05) is 71.0 Å². The summed E-state index contributed by atoms with van der Waals surface area (Å²) in [7, 11) is 0. The minimum Gasteiger partial charge on any atom is -0.271 e. The molecule has 0 bridgehead atoms. The van der Waals surface area contributed by atoms with Crippen molar-refractivity contribution in [2.45, 2.75) is 24.0 Å². The maximum absolute atomic E-state index is 13.2. The fourth-order valence-corrected chi connectivity index (χ4v) is 5.36. The van der Waals surface area contributed by atoms with Gasteiger partial charge < -0.3 is 0 Å². The highest BCUT2D eigenvalue weighted by Crippen LogP contribution is 2.49. The van der Waals surface area contributed by atoms with Gasteiger partial charge in [-0.05, 0) is 36.2 Å². The van der Waals surface area contributed by atoms with Gasteiger partial charge in [-0.25, -0.2) is 9.98 Å². The van der Waals surface area contributed by atoms with Crippen molar-refractivity contribution in [1.29, 1.82) is 0 Å². The SMILES string of the molecule is CC[C@]1([C@H](C[N+](=O)[O-])c2ccc(Br)cc2)SC(c2ccc3ccccc3n2)=NC1=O. The number of nitro groups is 1. The van der Waals surface area contributed by atoms with Crippen molar-refractivity contribution in [1.82, 2.24) is 4.98 Å². The molecule has 2 aromatic carbocycles. The molecule has 0 radical (unpaired) electrons. The van der Waals surface area contributed by atoms with Crippen LogP contribution in [-0.4, -0.2) is 32.1 Å². The van der Waals surface area contributed by atoms with Gasteiger partial charge in [0.15, 0.2) is 0 Å². The fourth-order valence-electron chi connectivity index (χ4n) is 3.78. The Morgan fingerprint density at radius 3 is 2.57 bits per heavy atom. The summed E-state index contributed by atoms with van der Waals surface area (Å²) in [5.74, 6) is -0.945. The molecule has 0 fully saturated rings. The van der Waals surface area contributed by atoms with Crippen molar-refractivity contribution < 1.29 is 9.72 Å². The molecule has 30 heavy (non-hydrogen) atoms. The first-order chi connectivity index (χ1) is 14.4. The molecule has 0 aliphatic carbocycles. The minimum atomic E-state index is -1.04. The average molecular weight is 484 g/mol. The third-order valence-corrected chi connectivity index (χ3v) is 7.49. The molecule has 8 heteroatoms. The van der Waals surface area contributed by atoms with E-state index in [1.807, 2.05) is 67.6 Å². The lowest BCUT2D eigenvalue weighted by molar-refractivity contribution is -0.484. The molecule has 2 atom stereocenters. The Kier molecular flexibility index (Phi) is 5.71. The van der Waals surface area contributed by atoms with Crippen LogP contribution in [0.3, 0.4) is 0 Å². The smallest absolute Gasteiger partial charge is 0.264 e. The number of hydrogen-bond donors (Lipinski definition) is 0. The number of hydrogen-bond acceptors (Lipinski definition) is 5. The molecule has 0 unspecified atom stereocenters. The number of benzene rings is 2. The van der Waals surface area contributed by atoms with E-state index < -0.39 is 10.7 Å². The number of rotatable bonds is 6. The van der Waals surface area contributed by atoms with Gasteiger partial charge in [0.2, 0.25) is 6.54 Å². The van der Waals surface area contributed by atoms with Crippen molar-refractivity contribution in [2.24, 2.45) is 4.99 Å². The van der Waals surface area contributed by atoms with Crippen molar-refractivity contribution in [3.8, 4) is 0 Å². The van der Waals surface area contributed by atoms with E-state index in [2.05, 4.69) is 25.9 Å². The van der Waals surface area contributed by atoms with Crippen LogP contribution in [0.15, 0.2) is 70.1 Å². The van der Waals surface area contributed by atoms with Crippen LogP contribution in [0, 0.1) is 10.1 Å². The first kappa shape index (κ1) is 20.7. The maximum Gasteiger partial charge on any atom is 0.264 e. The van der Waals surface area contributed by atoms with E-state index in [0.29, 0.717) is 17.2 Å². The highest BCUT2D eigenvalue weighted by Gasteiger charge is 2.52. The number of halogens is 1. The number of fused-ring (bicyclic) bond motifs is 1. The molecule has 4 rings (SSSR count). The third kappa shape index (κ3) is 3.77. The van der Waals surface area contributed by atoms with Crippen LogP contribution in [0.1, 0.15) is 30.5 Å². The number of aliphatic imine (C=N–C) groups is 1. The Balaban J connectivity index is 1.74. The van der Waals surface area contributed by atoms with E-state index in [4.69, 9.17) is 0 Å². The van der Waals surface area contributed by atoms with E-state index in [-0.39, 0.29) is 17.4 Å². The van der Waals surface area contributed by atoms with Crippen LogP contribution >= 0.6 is 27.7 Å². The van der Waals surface area contributed by atoms with Gasteiger partial charge in [-0.15, -0.1) is 0 Å². The summed E-state index contributed by atoms with van der Waals surface area (Å²) >= 11 is 4.69. The Morgan fingerprint density at radius 2 is 1.87 bits per heavy atom. The highest BCUT2D eigenvalue weighted by molar-refractivity contribution is 9.10. The van der Waals surface area contributed by atoms with Crippen molar-refractivity contribution in [2.75, 3.05) is 6.54 Å². The number of para-hydroxylation sites is 1. The number of aromatic nitrogens is 1. The van der Waals surface area contributed by atoms with Crippen molar-refractivity contribution in [3.05, 3.63) is 86.5 Å². The predicted molar refractivity (Wildman–Crippen MR) is 123 cm³/mol. The molecule has 1 aliphatic rings. The molecule has 3 aromatic rings. The van der Waals surface area contributed by atoms with Crippen LogP contribution in [0.5, 0.6) is 0 Å². The quantitative estimate of drug-likeness (QED) is 0.354. The molecule has 6 nitrogen and oxygen atoms in total. The Bertz CT molecular complexity index is 1170. The molecule has 152 valence electrons. The van der Waals surface area contributed by atoms with Gasteiger partial charge in [0.05, 0.1) is 17.1 Å². The molecule has 0 N–H and O–H groups in total. The van der Waals surface area contributed by atoms with Crippen LogP contribution in [0.2, 0.25) is 0 Å². The van der Waals surface area contributed by atoms with E-state index in [1.165, 1.54) is 11.8 Å². The first-order valence-electron chi connectivity index (χ1n) is 9.48. The summed E-state index contributed by atoms with van der Waals surface area (Å²) in [6, 6.07) is 18.8. The van der Waals surface area contributed by atoms with E-state index in [1.54, 1.807) is 0 Å². The number of carbonyl (C=O) groups is 1. The molecule has 0 saturated heterocycles. The summed E-state index contributed by atoms with van der Waals surface area (Å²) in [4.78, 5) is 33.3. The summed E-state index contributed by atoms with van der Waals surface area (Å²) < 4.78 is -0.164. The molecule has 1 aliphatic heterocycles. The Morgan fingerprint density at radius 1 is 1.13 bits per heavy atom. The summed E-state index contributed by atoms with van der Waals surface area (Å²) in [6.07, 6.45) is 0.422. The third-order valence-electron chi connectivity index (χ3n) is 5.35. The molecule has 1 amide bonds. The van der Waals surface area contributed by atoms with Crippen molar-refractivity contribution >= 4 is 49.5 Å². The normalized spacial score (nSPS) is 19.7. The van der Waals surface area contributed by atoms with E-state index >= 15 is 0 Å². The molecule has 1 aromatic heterocycles. The minimum absolute atomic E-state index is 0.338. The molecule has 0 spiro atoms. The highest BCUT2D eigenvalue weighted by atomic mass is 79.9. The second-order valence-electron chi connectivity index (χ2n) is 7.08. The predicted octanol–water partition coefficient (Wildman–Crippen LogP) is 5.23. The standard InChI is InChI=1S/C22H18BrN3O3S/c1-2-22(17(13-26(28)29)14-7-10-16(23)11-8-14)21(27)25-20(30-22)19-12-9-15-5-3-4-6-18(15)24-19/h3-12,17H,2,13H2,1H3/t17-,22-/m1/s1. The molecular weight excluding hydrogens is 466 g/mol. The molecular formula is C22H18BrN3O3S. The van der Waals surface area contributed by atoms with Gasteiger partial charge in [0.1, 0.15) is 9.79 Å². The summed E-state index contributed by atoms with van der Waals surface area (Å²) in [6.45, 7) is 1.53. The fraction of sp³-hybridized carbons (Fsp3) is 0.227. The zero-order valence-electron chi connectivity index (χ0n) is 16.1. The monoisotopic (exact) mass is 483 g/mol. The Hall–Kier alpha value is -2.58. The zero-order valence-corrected chi connectivity index (χ0v) is 18.5. The first-order valence-corrected chi connectivity index (χ1v) is 11.1. The lowest BCUT2D eigenvalue weighted by atomic mass is 9.82. The van der Waals surface area contributed by atoms with Crippen LogP contribution in [0.4, 0.5) is 0 Å². The zero-order chi connectivity index (χ0) is 21.3. The Labute approximate surface area is 186 Å². The second-order valence-corrected chi connectivity index (χ2v) is 9.31. The number of thioether (sulfide) groups is 1. The topological polar surface area (TPSA) is 85.5 Å². The number of pyridine rings is 1. The average Bonchev–Trinajstić information content (AvgIpc) is 3.09. The lowest BCUT2D eigenvalue weighted by Gasteiger charge is -2.31. The van der Waals surface area contributed by atoms with Crippen LogP contribution < -0.4 is 0 Å². The van der Waals surface area contributed by atoms with E-state index in [9.17, 15) is 14.9 Å². The number of carbonyl (C=O) groups excluding carboxylic acids is 1. The maximum atomic E-state index is 13.2. The van der Waals surface area contributed by atoms with Gasteiger partial charge in [-0.2, -0.15) is 0 Å². The number of amides is 1. The molecule has 0 saturated carbocycles. The number of nitrogens with zero attached hydrogens (tertiary/aromatic N) is 3. The van der Waals surface area contributed by atoms with Gasteiger partial charge in [0, 0.05) is 14.8 Å². The summed E-state index contributed by atoms with van der Waals surface area (Å²) in [5, 5.41) is 13.0. The summed E-state index contributed by atoms with van der Waals surface area (Å²) in [5.41, 5.74) is 2.17. The largest absolute Gasteiger partial charge is 0.271 e.